The van der Waals surface area contributed by atoms with Crippen LogP contribution in [0.2, 0.25) is 0 Å². The normalized spacial score (nSPS) is 14.8. The first-order chi connectivity index (χ1) is 57.2. The van der Waals surface area contributed by atoms with Crippen LogP contribution in [-0.2, 0) is 55.8 Å². The number of aliphatic hydroxyl groups excluding tert-OH is 2. The Morgan fingerprint density at radius 1 is 0.239 bits per heavy atom. The number of phosphoric ester groups is 2. The van der Waals surface area contributed by atoms with Crippen LogP contribution < -0.4 is 0 Å². The molecule has 0 aliphatic rings. The van der Waals surface area contributed by atoms with Crippen molar-refractivity contribution in [1.82, 2.24) is 0 Å². The van der Waals surface area contributed by atoms with E-state index in [2.05, 4.69) is 227 Å². The molecule has 18 heteroatoms. The molecular formula is C99H162O16P2. The van der Waals surface area contributed by atoms with Crippen LogP contribution in [-0.4, -0.2) is 95.9 Å². The van der Waals surface area contributed by atoms with Crippen molar-refractivity contribution in [3.05, 3.63) is 207 Å². The van der Waals surface area contributed by atoms with Gasteiger partial charge in [-0.2, -0.15) is 0 Å². The Hall–Kier alpha value is -5.87. The number of carbonyl (C=O) groups excluding carboxylic acids is 3. The highest BCUT2D eigenvalue weighted by Gasteiger charge is 2.29. The number of phosphoric acid groups is 2. The molecule has 0 aliphatic heterocycles. The van der Waals surface area contributed by atoms with E-state index in [9.17, 15) is 43.5 Å². The van der Waals surface area contributed by atoms with E-state index in [4.69, 9.17) is 32.3 Å². The molecule has 5 atom stereocenters. The first-order valence-electron chi connectivity index (χ1n) is 45.4. The zero-order valence-electron chi connectivity index (χ0n) is 73.0. The Labute approximate surface area is 711 Å². The lowest BCUT2D eigenvalue weighted by atomic mass is 10.0. The third-order valence-electron chi connectivity index (χ3n) is 18.5. The highest BCUT2D eigenvalue weighted by Crippen LogP contribution is 2.45. The van der Waals surface area contributed by atoms with E-state index in [0.717, 1.165) is 173 Å². The quantitative estimate of drug-likeness (QED) is 0.0146. The van der Waals surface area contributed by atoms with Crippen LogP contribution in [0.15, 0.2) is 207 Å². The average Bonchev–Trinajstić information content (AvgIpc) is 0.901. The van der Waals surface area contributed by atoms with Gasteiger partial charge in [0.25, 0.3) is 0 Å². The minimum absolute atomic E-state index is 0.0380. The van der Waals surface area contributed by atoms with Crippen molar-refractivity contribution in [1.29, 1.82) is 0 Å². The minimum atomic E-state index is -4.96. The molecule has 664 valence electrons. The Balaban J connectivity index is 4.59. The van der Waals surface area contributed by atoms with E-state index in [1.807, 2.05) is 0 Å². The summed E-state index contributed by atoms with van der Waals surface area (Å²) in [7, 11) is -9.84. The molecule has 0 amide bonds. The van der Waals surface area contributed by atoms with E-state index >= 15 is 0 Å². The predicted octanol–water partition coefficient (Wildman–Crippen LogP) is 28.0. The van der Waals surface area contributed by atoms with E-state index in [1.54, 1.807) is 0 Å². The number of aliphatic hydroxyl groups is 2. The van der Waals surface area contributed by atoms with Gasteiger partial charge in [-0.1, -0.05) is 362 Å². The molecule has 0 heterocycles. The highest BCUT2D eigenvalue weighted by molar-refractivity contribution is 7.47. The molecular weight excluding hydrogens is 1510 g/mol. The van der Waals surface area contributed by atoms with Crippen LogP contribution in [0, 0.1) is 0 Å². The van der Waals surface area contributed by atoms with Gasteiger partial charge in [0.15, 0.2) is 6.10 Å². The van der Waals surface area contributed by atoms with Gasteiger partial charge in [0, 0.05) is 19.3 Å². The van der Waals surface area contributed by atoms with Crippen LogP contribution >= 0.6 is 15.6 Å². The predicted molar refractivity (Wildman–Crippen MR) is 491 cm³/mol. The van der Waals surface area contributed by atoms with Crippen molar-refractivity contribution in [3.8, 4) is 0 Å². The fraction of sp³-hybridized carbons (Fsp3) is 0.626. The molecule has 117 heavy (non-hydrogen) atoms. The second kappa shape index (κ2) is 89.4. The summed E-state index contributed by atoms with van der Waals surface area (Å²) in [6.07, 6.45) is 120. The molecule has 4 N–H and O–H groups in total. The summed E-state index contributed by atoms with van der Waals surface area (Å²) in [6.45, 7) is 2.28. The first-order valence-corrected chi connectivity index (χ1v) is 48.4. The van der Waals surface area contributed by atoms with Gasteiger partial charge in [0.05, 0.1) is 26.4 Å². The second-order valence-corrected chi connectivity index (χ2v) is 32.5. The number of hydrogen-bond donors (Lipinski definition) is 4. The van der Waals surface area contributed by atoms with Gasteiger partial charge in [-0.25, -0.2) is 9.13 Å². The summed E-state index contributed by atoms with van der Waals surface area (Å²) in [5.74, 6) is -1.65. The molecule has 0 fully saturated rings. The summed E-state index contributed by atoms with van der Waals surface area (Å²) in [6, 6.07) is 0. The lowest BCUT2D eigenvalue weighted by molar-refractivity contribution is -0.161. The van der Waals surface area contributed by atoms with E-state index in [1.165, 1.54) is 103 Å². The Bertz CT molecular complexity index is 2960. The molecule has 0 spiro atoms. The molecule has 0 saturated carbocycles. The number of unbranched alkanes of at least 4 members (excludes halogenated alkanes) is 27. The van der Waals surface area contributed by atoms with Crippen LogP contribution in [0.5, 0.6) is 0 Å². The highest BCUT2D eigenvalue weighted by atomic mass is 31.2. The molecule has 0 radical (unpaired) electrons. The summed E-state index contributed by atoms with van der Waals surface area (Å²) in [4.78, 5) is 58.9. The van der Waals surface area contributed by atoms with Crippen molar-refractivity contribution >= 4 is 33.6 Å². The molecule has 0 aromatic heterocycles. The van der Waals surface area contributed by atoms with Crippen LogP contribution in [0.3, 0.4) is 0 Å². The van der Waals surface area contributed by atoms with Crippen molar-refractivity contribution in [2.75, 3.05) is 39.6 Å². The van der Waals surface area contributed by atoms with E-state index in [-0.39, 0.29) is 19.3 Å². The lowest BCUT2D eigenvalue weighted by Gasteiger charge is -2.21. The molecule has 0 rings (SSSR count). The average molecular weight is 1670 g/mol. The second-order valence-electron chi connectivity index (χ2n) is 29.6. The lowest BCUT2D eigenvalue weighted by Crippen LogP contribution is -2.30. The Morgan fingerprint density at radius 3 is 0.692 bits per heavy atom. The third-order valence-corrected chi connectivity index (χ3v) is 20.4. The standard InChI is InChI=1S/C99H162O16P2/c1-4-7-10-13-16-19-22-25-28-31-34-37-39-41-42-43-44-45-46-47-48-49-50-52-54-56-58-61-64-67-70-73-76-79-82-85-97(102)109-88-94(100)89-111-116(105,106)112-90-95(101)91-113-117(107,108)114-93-96(115-99(104)87-84-81-78-75-72-69-66-63-60-55-36-33-30-27-24-21-18-15-12-9-6-3)92-110-98(103)86-83-80-77-74-71-68-65-62-59-57-53-51-40-38-35-32-29-26-23-20-17-14-11-8-5-2/h7-12,16-21,25-30,34-38,41-42,51,53,55,59,62-63,66,72,75,94-96,100-101H,4-6,13-15,22-24,31-33,39-40,43-50,52,54,56-58,60-61,64-65,67-71,73-74,76-93H2,1-3H3,(H,105,106)(H,107,108)/b10-7-,11-8-,12-9-,19-16-,20-17-,21-18-,28-25-,29-26-,30-27-,37-34-,38-35-,42-41-,53-51-,55-36-,62-59-,66-63-,75-72-. The molecule has 0 bridgehead atoms. The molecule has 16 nitrogen and oxygen atoms in total. The maximum atomic E-state index is 13.0. The fourth-order valence-electron chi connectivity index (χ4n) is 11.7. The zero-order chi connectivity index (χ0) is 85.1. The minimum Gasteiger partial charge on any atom is -0.463 e. The smallest absolute Gasteiger partial charge is 0.463 e. The maximum Gasteiger partial charge on any atom is 0.472 e. The number of allylic oxidation sites excluding steroid dienone is 34. The third kappa shape index (κ3) is 90.7. The van der Waals surface area contributed by atoms with Crippen molar-refractivity contribution < 1.29 is 75.8 Å². The first kappa shape index (κ1) is 111. The number of ether oxygens (including phenoxy) is 3. The molecule has 0 aromatic carbocycles. The fourth-order valence-corrected chi connectivity index (χ4v) is 13.3. The SMILES string of the molecule is CC/C=C\C/C=C\C/C=C\C/C=C\C/C=C\C/C=C\CCCCCCCCC(=O)OCC(COP(=O)(O)OCC(O)COP(=O)(O)OCC(O)COC(=O)CCCCCCCCCCCCCCCCCCCCC/C=C\C/C=C\C/C=C\C/C=C\C/C=C\CC)OC(=O)CCCC/C=C\C/C=C\C/C=C\C/C=C\C/C=C\C/C=C\CC. The van der Waals surface area contributed by atoms with Gasteiger partial charge in [0.1, 0.15) is 25.4 Å². The molecule has 0 aliphatic carbocycles. The van der Waals surface area contributed by atoms with Gasteiger partial charge in [-0.3, -0.25) is 32.5 Å². The summed E-state index contributed by atoms with van der Waals surface area (Å²) < 4.78 is 61.4. The zero-order valence-corrected chi connectivity index (χ0v) is 74.8. The van der Waals surface area contributed by atoms with Gasteiger partial charge >= 0.3 is 33.6 Å². The van der Waals surface area contributed by atoms with Gasteiger partial charge < -0.3 is 34.2 Å². The summed E-state index contributed by atoms with van der Waals surface area (Å²) in [5.41, 5.74) is 0. The number of hydrogen-bond acceptors (Lipinski definition) is 14. The Kier molecular flexibility index (Phi) is 84.9. The van der Waals surface area contributed by atoms with Crippen molar-refractivity contribution in [3.63, 3.8) is 0 Å². The number of esters is 3. The number of carbonyl (C=O) groups is 3. The summed E-state index contributed by atoms with van der Waals surface area (Å²) in [5, 5.41) is 20.7. The van der Waals surface area contributed by atoms with Gasteiger partial charge in [-0.05, 0) is 167 Å². The topological polar surface area (TPSA) is 231 Å². The van der Waals surface area contributed by atoms with E-state index < -0.39 is 91.5 Å². The maximum absolute atomic E-state index is 13.0. The molecule has 0 aromatic rings. The van der Waals surface area contributed by atoms with Crippen LogP contribution in [0.25, 0.3) is 0 Å². The van der Waals surface area contributed by atoms with Crippen LogP contribution in [0.1, 0.15) is 342 Å². The summed E-state index contributed by atoms with van der Waals surface area (Å²) >= 11 is 0. The largest absolute Gasteiger partial charge is 0.472 e. The van der Waals surface area contributed by atoms with Gasteiger partial charge in [0.2, 0.25) is 0 Å². The molecule has 5 unspecified atom stereocenters. The Morgan fingerprint density at radius 2 is 0.427 bits per heavy atom. The van der Waals surface area contributed by atoms with E-state index in [0.29, 0.717) is 25.7 Å². The van der Waals surface area contributed by atoms with Crippen LogP contribution in [0.4, 0.5) is 0 Å². The van der Waals surface area contributed by atoms with Crippen molar-refractivity contribution in [2.24, 2.45) is 0 Å². The number of rotatable bonds is 84. The van der Waals surface area contributed by atoms with Gasteiger partial charge in [-0.15, -0.1) is 0 Å². The monoisotopic (exact) mass is 1670 g/mol. The molecule has 0 saturated heterocycles. The van der Waals surface area contributed by atoms with Crippen molar-refractivity contribution in [2.45, 2.75) is 360 Å².